The molecular formula is C10H12ClF3N2O2. The highest BCUT2D eigenvalue weighted by atomic mass is 35.5. The van der Waals surface area contributed by atoms with E-state index in [-0.39, 0.29) is 24.7 Å². The van der Waals surface area contributed by atoms with E-state index in [1.54, 1.807) is 0 Å². The van der Waals surface area contributed by atoms with Gasteiger partial charge >= 0.3 is 0 Å². The first-order valence-corrected chi connectivity index (χ1v) is 4.65. The van der Waals surface area contributed by atoms with Gasteiger partial charge < -0.3 is 15.8 Å². The number of amides is 1. The lowest BCUT2D eigenvalue weighted by atomic mass is 10.2. The van der Waals surface area contributed by atoms with Crippen molar-refractivity contribution < 1.29 is 22.7 Å². The van der Waals surface area contributed by atoms with Crippen molar-refractivity contribution >= 4 is 24.0 Å². The van der Waals surface area contributed by atoms with Crippen molar-refractivity contribution in [1.82, 2.24) is 0 Å². The van der Waals surface area contributed by atoms with E-state index in [4.69, 9.17) is 5.73 Å². The van der Waals surface area contributed by atoms with Gasteiger partial charge in [0.15, 0.2) is 17.5 Å². The fraction of sp³-hybridized carbons (Fsp3) is 0.300. The molecule has 0 spiro atoms. The third-order valence-corrected chi connectivity index (χ3v) is 1.93. The first kappa shape index (κ1) is 16.7. The van der Waals surface area contributed by atoms with E-state index in [0.717, 1.165) is 0 Å². The molecule has 1 aromatic carbocycles. The van der Waals surface area contributed by atoms with E-state index in [0.29, 0.717) is 12.1 Å². The molecule has 1 aromatic rings. The van der Waals surface area contributed by atoms with E-state index in [2.05, 4.69) is 10.1 Å². The molecular weight excluding hydrogens is 273 g/mol. The van der Waals surface area contributed by atoms with Crippen LogP contribution in [0.5, 0.6) is 0 Å². The molecule has 0 bridgehead atoms. The van der Waals surface area contributed by atoms with Crippen LogP contribution in [0.3, 0.4) is 0 Å². The zero-order chi connectivity index (χ0) is 13.0. The summed E-state index contributed by atoms with van der Waals surface area (Å²) in [6, 6.07) is 0.349. The predicted octanol–water partition coefficient (Wildman–Crippen LogP) is 1.44. The van der Waals surface area contributed by atoms with Gasteiger partial charge in [-0.2, -0.15) is 0 Å². The number of anilines is 1. The number of carbonyl (C=O) groups excluding carboxylic acids is 1. The average Bonchev–Trinajstić information content (AvgIpc) is 2.26. The number of carbonyl (C=O) groups is 1. The van der Waals surface area contributed by atoms with Crippen LogP contribution >= 0.6 is 12.4 Å². The van der Waals surface area contributed by atoms with Crippen molar-refractivity contribution in [2.45, 2.75) is 6.04 Å². The topological polar surface area (TPSA) is 64.3 Å². The molecule has 0 saturated heterocycles. The van der Waals surface area contributed by atoms with Crippen LogP contribution in [0, 0.1) is 17.5 Å². The number of hydrogen-bond donors (Lipinski definition) is 2. The molecule has 0 radical (unpaired) electrons. The molecule has 0 aromatic heterocycles. The second kappa shape index (κ2) is 7.20. The number of hydrogen-bond acceptors (Lipinski definition) is 3. The van der Waals surface area contributed by atoms with Gasteiger partial charge in [-0.05, 0) is 0 Å². The molecule has 0 aliphatic rings. The fourth-order valence-electron chi connectivity index (χ4n) is 1.12. The SMILES string of the molecule is COCC(N)C(=O)Nc1cc(F)c(F)c(F)c1.Cl. The monoisotopic (exact) mass is 284 g/mol. The Morgan fingerprint density at radius 1 is 1.39 bits per heavy atom. The summed E-state index contributed by atoms with van der Waals surface area (Å²) in [5, 5.41) is 2.14. The molecule has 0 saturated carbocycles. The molecule has 1 unspecified atom stereocenters. The van der Waals surface area contributed by atoms with Crippen LogP contribution in [0.4, 0.5) is 18.9 Å². The Balaban J connectivity index is 0.00000289. The molecule has 1 amide bonds. The Bertz CT molecular complexity index is 409. The minimum atomic E-state index is -1.59. The zero-order valence-corrected chi connectivity index (χ0v) is 10.2. The third kappa shape index (κ3) is 4.17. The van der Waals surface area contributed by atoms with Crippen LogP contribution < -0.4 is 11.1 Å². The van der Waals surface area contributed by atoms with E-state index in [9.17, 15) is 18.0 Å². The van der Waals surface area contributed by atoms with Crippen LogP contribution in [0.2, 0.25) is 0 Å². The van der Waals surface area contributed by atoms with Crippen molar-refractivity contribution in [2.75, 3.05) is 19.0 Å². The van der Waals surface area contributed by atoms with Crippen molar-refractivity contribution in [3.63, 3.8) is 0 Å². The molecule has 0 fully saturated rings. The normalized spacial score (nSPS) is 11.6. The van der Waals surface area contributed by atoms with E-state index >= 15 is 0 Å². The number of ether oxygens (including phenoxy) is 1. The molecule has 4 nitrogen and oxygen atoms in total. The molecule has 0 aliphatic heterocycles. The highest BCUT2D eigenvalue weighted by Gasteiger charge is 2.16. The number of benzene rings is 1. The zero-order valence-electron chi connectivity index (χ0n) is 9.38. The summed E-state index contributed by atoms with van der Waals surface area (Å²) in [5.74, 6) is -5.05. The molecule has 0 aliphatic carbocycles. The Morgan fingerprint density at radius 3 is 2.33 bits per heavy atom. The van der Waals surface area contributed by atoms with E-state index in [1.165, 1.54) is 7.11 Å². The summed E-state index contributed by atoms with van der Waals surface area (Å²) < 4.78 is 42.9. The Kier molecular flexibility index (Phi) is 6.67. The highest BCUT2D eigenvalue weighted by molar-refractivity contribution is 5.94. The first-order valence-electron chi connectivity index (χ1n) is 4.65. The molecule has 18 heavy (non-hydrogen) atoms. The second-order valence-electron chi connectivity index (χ2n) is 3.30. The molecule has 3 N–H and O–H groups in total. The van der Waals surface area contributed by atoms with Crippen molar-refractivity contribution in [1.29, 1.82) is 0 Å². The van der Waals surface area contributed by atoms with Crippen molar-refractivity contribution in [2.24, 2.45) is 5.73 Å². The van der Waals surface area contributed by atoms with Crippen LogP contribution in [-0.4, -0.2) is 25.7 Å². The number of nitrogens with one attached hydrogen (secondary N) is 1. The van der Waals surface area contributed by atoms with Gasteiger partial charge in [0.1, 0.15) is 6.04 Å². The lowest BCUT2D eigenvalue weighted by Gasteiger charge is -2.11. The van der Waals surface area contributed by atoms with Gasteiger partial charge in [0.25, 0.3) is 0 Å². The van der Waals surface area contributed by atoms with Crippen LogP contribution in [0.25, 0.3) is 0 Å². The average molecular weight is 285 g/mol. The quantitative estimate of drug-likeness (QED) is 0.822. The Labute approximate surface area is 108 Å². The van der Waals surface area contributed by atoms with E-state index in [1.807, 2.05) is 0 Å². The number of nitrogens with two attached hydrogens (primary N) is 1. The summed E-state index contributed by atoms with van der Waals surface area (Å²) in [7, 11) is 1.35. The van der Waals surface area contributed by atoms with E-state index < -0.39 is 29.4 Å². The Hall–Kier alpha value is -1.31. The minimum Gasteiger partial charge on any atom is -0.383 e. The number of rotatable bonds is 4. The summed E-state index contributed by atoms with van der Waals surface area (Å²) >= 11 is 0. The number of halogens is 4. The van der Waals surface area contributed by atoms with Gasteiger partial charge in [-0.15, -0.1) is 12.4 Å². The fourth-order valence-corrected chi connectivity index (χ4v) is 1.12. The lowest BCUT2D eigenvalue weighted by molar-refractivity contribution is -0.118. The summed E-state index contributed by atoms with van der Waals surface area (Å²) in [4.78, 5) is 11.4. The van der Waals surface area contributed by atoms with Crippen LogP contribution in [-0.2, 0) is 9.53 Å². The second-order valence-corrected chi connectivity index (χ2v) is 3.30. The van der Waals surface area contributed by atoms with Crippen LogP contribution in [0.15, 0.2) is 12.1 Å². The summed E-state index contributed by atoms with van der Waals surface area (Å²) in [6.45, 7) is -0.0437. The maximum Gasteiger partial charge on any atom is 0.243 e. The lowest BCUT2D eigenvalue weighted by Crippen LogP contribution is -2.39. The maximum atomic E-state index is 12.8. The molecule has 1 atom stereocenters. The van der Waals surface area contributed by atoms with Gasteiger partial charge in [0, 0.05) is 24.9 Å². The van der Waals surface area contributed by atoms with Gasteiger partial charge in [-0.1, -0.05) is 0 Å². The van der Waals surface area contributed by atoms with Gasteiger partial charge in [-0.3, -0.25) is 4.79 Å². The minimum absolute atomic E-state index is 0. The Morgan fingerprint density at radius 2 is 1.89 bits per heavy atom. The predicted molar refractivity (Wildman–Crippen MR) is 62.0 cm³/mol. The third-order valence-electron chi connectivity index (χ3n) is 1.93. The highest BCUT2D eigenvalue weighted by Crippen LogP contribution is 2.17. The smallest absolute Gasteiger partial charge is 0.243 e. The largest absolute Gasteiger partial charge is 0.383 e. The first-order chi connectivity index (χ1) is 7.95. The summed E-state index contributed by atoms with van der Waals surface area (Å²) in [6.07, 6.45) is 0. The standard InChI is InChI=1S/C10H11F3N2O2.ClH/c1-17-4-8(14)10(16)15-5-2-6(11)9(13)7(12)3-5;/h2-3,8H,4,14H2,1H3,(H,15,16);1H. The van der Waals surface area contributed by atoms with Gasteiger partial charge in [-0.25, -0.2) is 13.2 Å². The van der Waals surface area contributed by atoms with Crippen LogP contribution in [0.1, 0.15) is 0 Å². The molecule has 102 valence electrons. The molecule has 0 heterocycles. The van der Waals surface area contributed by atoms with Crippen molar-refractivity contribution in [3.05, 3.63) is 29.6 Å². The van der Waals surface area contributed by atoms with Gasteiger partial charge in [0.2, 0.25) is 5.91 Å². The number of methoxy groups -OCH3 is 1. The van der Waals surface area contributed by atoms with Gasteiger partial charge in [0.05, 0.1) is 6.61 Å². The summed E-state index contributed by atoms with van der Waals surface area (Å²) in [5.41, 5.74) is 5.17. The molecule has 8 heteroatoms. The molecule has 1 rings (SSSR count). The van der Waals surface area contributed by atoms with Crippen molar-refractivity contribution in [3.8, 4) is 0 Å². The maximum absolute atomic E-state index is 12.8.